The summed E-state index contributed by atoms with van der Waals surface area (Å²) in [6, 6.07) is 12.4. The average molecular weight is 429 g/mol. The topological polar surface area (TPSA) is 68.0 Å². The lowest BCUT2D eigenvalue weighted by Crippen LogP contribution is -2.12. The van der Waals surface area contributed by atoms with Gasteiger partial charge in [-0.1, -0.05) is 39.9 Å². The van der Waals surface area contributed by atoms with E-state index in [4.69, 9.17) is 39.2 Å². The van der Waals surface area contributed by atoms with Crippen molar-refractivity contribution in [3.63, 3.8) is 0 Å². The van der Waals surface area contributed by atoms with Crippen LogP contribution in [0.15, 0.2) is 51.8 Å². The number of benzene rings is 2. The smallest absolute Gasteiger partial charge is 0.322 e. The van der Waals surface area contributed by atoms with Gasteiger partial charge in [-0.3, -0.25) is 10.1 Å². The van der Waals surface area contributed by atoms with Crippen LogP contribution in [0.3, 0.4) is 0 Å². The summed E-state index contributed by atoms with van der Waals surface area (Å²) in [7, 11) is 0. The molecule has 2 aromatic carbocycles. The van der Waals surface area contributed by atoms with Gasteiger partial charge in [-0.25, -0.2) is 0 Å². The maximum absolute atomic E-state index is 12.0. The van der Waals surface area contributed by atoms with Gasteiger partial charge in [0.1, 0.15) is 0 Å². The van der Waals surface area contributed by atoms with Gasteiger partial charge in [0, 0.05) is 27.1 Å². The minimum atomic E-state index is -0.223. The van der Waals surface area contributed by atoms with Gasteiger partial charge in [0.05, 0.1) is 10.6 Å². The van der Waals surface area contributed by atoms with E-state index in [1.165, 1.54) is 0 Å². The van der Waals surface area contributed by atoms with Gasteiger partial charge < -0.3 is 4.42 Å². The molecule has 3 aromatic rings. The Labute approximate surface area is 169 Å². The van der Waals surface area contributed by atoms with E-state index in [1.54, 1.807) is 30.0 Å². The molecule has 0 saturated heterocycles. The molecule has 0 aliphatic heterocycles. The minimum absolute atomic E-state index is 0.0116. The van der Waals surface area contributed by atoms with Gasteiger partial charge in [-0.2, -0.15) is 0 Å². The van der Waals surface area contributed by atoms with Crippen LogP contribution in [0.25, 0.3) is 11.5 Å². The average Bonchev–Trinajstić information content (AvgIpc) is 3.07. The highest BCUT2D eigenvalue weighted by molar-refractivity contribution is 7.99. The zero-order valence-corrected chi connectivity index (χ0v) is 16.3. The number of hydrogen-bond donors (Lipinski definition) is 1. The summed E-state index contributed by atoms with van der Waals surface area (Å²) >= 11 is 19.4. The summed E-state index contributed by atoms with van der Waals surface area (Å²) in [4.78, 5) is 13.0. The van der Waals surface area contributed by atoms with Gasteiger partial charge in [0.25, 0.3) is 5.89 Å². The van der Waals surface area contributed by atoms with Crippen molar-refractivity contribution in [2.45, 2.75) is 11.3 Å². The van der Waals surface area contributed by atoms with E-state index in [0.717, 1.165) is 4.90 Å². The molecule has 9 heteroatoms. The molecule has 0 radical (unpaired) electrons. The lowest BCUT2D eigenvalue weighted by Gasteiger charge is -2.02. The zero-order chi connectivity index (χ0) is 18.5. The Morgan fingerprint density at radius 2 is 1.77 bits per heavy atom. The first kappa shape index (κ1) is 19.0. The largest absolute Gasteiger partial charge is 0.403 e. The van der Waals surface area contributed by atoms with Gasteiger partial charge in [0.15, 0.2) is 0 Å². The molecule has 3 rings (SSSR count). The fourth-order valence-corrected chi connectivity index (χ4v) is 3.37. The maximum Gasteiger partial charge on any atom is 0.322 e. The molecule has 0 fully saturated rings. The van der Waals surface area contributed by atoms with Gasteiger partial charge in [-0.15, -0.1) is 16.9 Å². The first-order chi connectivity index (χ1) is 12.5. The monoisotopic (exact) mass is 427 g/mol. The number of aromatic nitrogens is 2. The number of rotatable bonds is 6. The van der Waals surface area contributed by atoms with Crippen LogP contribution in [0.1, 0.15) is 6.42 Å². The molecular weight excluding hydrogens is 417 g/mol. The molecule has 0 aliphatic rings. The highest BCUT2D eigenvalue weighted by atomic mass is 35.5. The molecule has 5 nitrogen and oxygen atoms in total. The number of thioether (sulfide) groups is 1. The third-order valence-electron chi connectivity index (χ3n) is 3.24. The number of amides is 1. The van der Waals surface area contributed by atoms with Crippen molar-refractivity contribution in [3.8, 4) is 11.5 Å². The molecule has 1 amide bonds. The fourth-order valence-electron chi connectivity index (χ4n) is 2.02. The van der Waals surface area contributed by atoms with Crippen LogP contribution in [-0.4, -0.2) is 21.9 Å². The molecular formula is C17H12Cl3N3O2S. The van der Waals surface area contributed by atoms with Crippen LogP contribution in [0.2, 0.25) is 15.1 Å². The zero-order valence-electron chi connectivity index (χ0n) is 13.2. The Hall–Kier alpha value is -1.73. The number of nitrogens with one attached hydrogen (secondary N) is 1. The number of hydrogen-bond acceptors (Lipinski definition) is 5. The molecule has 0 bridgehead atoms. The predicted molar refractivity (Wildman–Crippen MR) is 105 cm³/mol. The van der Waals surface area contributed by atoms with E-state index in [1.807, 2.05) is 24.3 Å². The molecule has 1 N–H and O–H groups in total. The molecule has 1 heterocycles. The summed E-state index contributed by atoms with van der Waals surface area (Å²) < 4.78 is 5.44. The summed E-state index contributed by atoms with van der Waals surface area (Å²) in [5.41, 5.74) is 0.505. The Morgan fingerprint density at radius 3 is 2.54 bits per heavy atom. The molecule has 0 spiro atoms. The summed E-state index contributed by atoms with van der Waals surface area (Å²) in [6.45, 7) is 0. The summed E-state index contributed by atoms with van der Waals surface area (Å²) in [5.74, 6) is 0.566. The third kappa shape index (κ3) is 5.14. The number of carbonyl (C=O) groups excluding carboxylic acids is 1. The lowest BCUT2D eigenvalue weighted by molar-refractivity contribution is -0.115. The first-order valence-corrected chi connectivity index (χ1v) is 9.60. The van der Waals surface area contributed by atoms with Crippen LogP contribution >= 0.6 is 46.6 Å². The minimum Gasteiger partial charge on any atom is -0.403 e. The third-order valence-corrected chi connectivity index (χ3v) is 5.07. The van der Waals surface area contributed by atoms with Crippen molar-refractivity contribution >= 4 is 58.5 Å². The van der Waals surface area contributed by atoms with Crippen molar-refractivity contribution in [1.82, 2.24) is 10.2 Å². The molecule has 0 unspecified atom stereocenters. The van der Waals surface area contributed by atoms with E-state index in [2.05, 4.69) is 15.5 Å². The second kappa shape index (κ2) is 8.77. The van der Waals surface area contributed by atoms with Crippen molar-refractivity contribution in [1.29, 1.82) is 0 Å². The predicted octanol–water partition coefficient (Wildman–Crippen LogP) is 5.82. The van der Waals surface area contributed by atoms with E-state index in [9.17, 15) is 4.79 Å². The molecule has 1 aromatic heterocycles. The second-order valence-corrected chi connectivity index (χ2v) is 7.59. The highest BCUT2D eigenvalue weighted by Gasteiger charge is 2.14. The number of halogens is 3. The van der Waals surface area contributed by atoms with Crippen molar-refractivity contribution in [3.05, 3.63) is 57.5 Å². The maximum atomic E-state index is 12.0. The van der Waals surface area contributed by atoms with Gasteiger partial charge in [0.2, 0.25) is 5.91 Å². The van der Waals surface area contributed by atoms with Crippen molar-refractivity contribution in [2.75, 3.05) is 11.1 Å². The van der Waals surface area contributed by atoms with Crippen LogP contribution in [0.5, 0.6) is 0 Å². The van der Waals surface area contributed by atoms with Crippen LogP contribution < -0.4 is 5.32 Å². The standard InChI is InChI=1S/C17H12Cl3N3O2S/c18-10-1-4-12(5-2-10)26-8-7-15(24)21-17-23-22-16(25-17)13-9-11(19)3-6-14(13)20/h1-6,9H,7-8H2,(H,21,23,24). The highest BCUT2D eigenvalue weighted by Crippen LogP contribution is 2.30. The van der Waals surface area contributed by atoms with E-state index < -0.39 is 0 Å². The van der Waals surface area contributed by atoms with Crippen LogP contribution in [-0.2, 0) is 4.79 Å². The van der Waals surface area contributed by atoms with Gasteiger partial charge >= 0.3 is 6.01 Å². The summed E-state index contributed by atoms with van der Waals surface area (Å²) in [6.07, 6.45) is 0.295. The van der Waals surface area contributed by atoms with Crippen molar-refractivity contribution < 1.29 is 9.21 Å². The second-order valence-electron chi connectivity index (χ2n) is 5.14. The summed E-state index contributed by atoms with van der Waals surface area (Å²) in [5, 5.41) is 11.9. The Bertz CT molecular complexity index is 916. The Balaban J connectivity index is 1.54. The Morgan fingerprint density at radius 1 is 1.04 bits per heavy atom. The molecule has 0 atom stereocenters. The van der Waals surface area contributed by atoms with Crippen LogP contribution in [0.4, 0.5) is 6.01 Å². The SMILES string of the molecule is O=C(CCSc1ccc(Cl)cc1)Nc1nnc(-c2cc(Cl)ccc2Cl)o1. The van der Waals surface area contributed by atoms with Gasteiger partial charge in [-0.05, 0) is 42.5 Å². The molecule has 0 saturated carbocycles. The fraction of sp³-hybridized carbons (Fsp3) is 0.118. The van der Waals surface area contributed by atoms with E-state index >= 15 is 0 Å². The number of anilines is 1. The first-order valence-electron chi connectivity index (χ1n) is 7.48. The van der Waals surface area contributed by atoms with E-state index in [-0.39, 0.29) is 17.8 Å². The number of carbonyl (C=O) groups is 1. The van der Waals surface area contributed by atoms with E-state index in [0.29, 0.717) is 32.8 Å². The lowest BCUT2D eigenvalue weighted by atomic mass is 10.2. The molecule has 26 heavy (non-hydrogen) atoms. The quantitative estimate of drug-likeness (QED) is 0.501. The Kier molecular flexibility index (Phi) is 6.43. The molecule has 0 aliphatic carbocycles. The number of nitrogens with zero attached hydrogens (tertiary/aromatic N) is 2. The molecule has 134 valence electrons. The van der Waals surface area contributed by atoms with Crippen LogP contribution in [0, 0.1) is 0 Å². The normalized spacial score (nSPS) is 10.7. The van der Waals surface area contributed by atoms with Crippen molar-refractivity contribution in [2.24, 2.45) is 0 Å².